The highest BCUT2D eigenvalue weighted by Gasteiger charge is 1.96. The zero-order valence-corrected chi connectivity index (χ0v) is 8.56. The number of carbonyl (C=O) groups excluding carboxylic acids is 2. The molecule has 0 aliphatic rings. The van der Waals surface area contributed by atoms with Crippen molar-refractivity contribution in [1.82, 2.24) is 0 Å². The zero-order valence-electron chi connectivity index (χ0n) is 7.75. The molecule has 0 atom stereocenters. The van der Waals surface area contributed by atoms with Crippen LogP contribution in [0.1, 0.15) is 19.8 Å². The lowest BCUT2D eigenvalue weighted by Gasteiger charge is -2.00. The summed E-state index contributed by atoms with van der Waals surface area (Å²) in [6, 6.07) is 0. The molecule has 3 nitrogen and oxygen atoms in total. The molecule has 0 aliphatic heterocycles. The number of carbonyl (C=O) groups is 2. The van der Waals surface area contributed by atoms with E-state index in [1.165, 1.54) is 11.8 Å². The Kier molecular flexibility index (Phi) is 7.39. The number of unbranched alkanes of at least 4 members (excludes halogenated alkanes) is 1. The molecule has 0 N–H and O–H groups in total. The van der Waals surface area contributed by atoms with Gasteiger partial charge >= 0.3 is 5.97 Å². The van der Waals surface area contributed by atoms with Crippen molar-refractivity contribution < 1.29 is 14.3 Å². The minimum Gasteiger partial charge on any atom is -0.463 e. The van der Waals surface area contributed by atoms with Crippen LogP contribution in [0.15, 0.2) is 12.7 Å². The largest absolute Gasteiger partial charge is 0.463 e. The number of thioether (sulfide) groups is 1. The molecule has 0 saturated heterocycles. The third kappa shape index (κ3) is 9.14. The highest BCUT2D eigenvalue weighted by molar-refractivity contribution is 8.13. The molecule has 0 fully saturated rings. The fourth-order valence-corrected chi connectivity index (χ4v) is 1.29. The summed E-state index contributed by atoms with van der Waals surface area (Å²) in [6.45, 7) is 5.23. The molecule has 0 aromatic rings. The van der Waals surface area contributed by atoms with Crippen molar-refractivity contribution >= 4 is 22.8 Å². The van der Waals surface area contributed by atoms with E-state index in [4.69, 9.17) is 4.74 Å². The van der Waals surface area contributed by atoms with E-state index in [2.05, 4.69) is 6.58 Å². The third-order valence-electron chi connectivity index (χ3n) is 1.25. The van der Waals surface area contributed by atoms with Gasteiger partial charge in [-0.1, -0.05) is 18.3 Å². The lowest BCUT2D eigenvalue weighted by molar-refractivity contribution is -0.137. The first kappa shape index (κ1) is 12.2. The van der Waals surface area contributed by atoms with Crippen molar-refractivity contribution in [2.75, 3.05) is 12.4 Å². The van der Waals surface area contributed by atoms with E-state index < -0.39 is 0 Å². The summed E-state index contributed by atoms with van der Waals surface area (Å²) in [6.07, 6.45) is 2.82. The van der Waals surface area contributed by atoms with Gasteiger partial charge in [0.15, 0.2) is 5.12 Å². The highest BCUT2D eigenvalue weighted by atomic mass is 32.2. The van der Waals surface area contributed by atoms with Gasteiger partial charge in [-0.15, -0.1) is 0 Å². The predicted molar refractivity (Wildman–Crippen MR) is 53.5 cm³/mol. The molecule has 0 saturated carbocycles. The standard InChI is InChI=1S/C9H14O3S/c1-3-9(11)12-6-4-5-7-13-8(2)10/h3H,1,4-7H2,2H3. The van der Waals surface area contributed by atoms with Gasteiger partial charge in [-0.25, -0.2) is 4.79 Å². The maximum absolute atomic E-state index is 10.6. The van der Waals surface area contributed by atoms with Crippen LogP contribution in [0.4, 0.5) is 0 Å². The van der Waals surface area contributed by atoms with E-state index in [1.54, 1.807) is 6.92 Å². The molecule has 0 spiro atoms. The van der Waals surface area contributed by atoms with Gasteiger partial charge in [-0.2, -0.15) is 0 Å². The molecule has 13 heavy (non-hydrogen) atoms. The molecule has 0 rings (SSSR count). The van der Waals surface area contributed by atoms with Crippen molar-refractivity contribution in [2.45, 2.75) is 19.8 Å². The number of ether oxygens (including phenoxy) is 1. The maximum atomic E-state index is 10.6. The SMILES string of the molecule is C=CC(=O)OCCCCSC(C)=O. The Hall–Kier alpha value is -0.770. The van der Waals surface area contributed by atoms with Crippen molar-refractivity contribution in [3.05, 3.63) is 12.7 Å². The summed E-state index contributed by atoms with van der Waals surface area (Å²) in [4.78, 5) is 21.0. The Labute approximate surface area is 82.5 Å². The molecule has 0 amide bonds. The van der Waals surface area contributed by atoms with E-state index in [-0.39, 0.29) is 11.1 Å². The molecule has 74 valence electrons. The lowest BCUT2D eigenvalue weighted by atomic mass is 10.4. The molecular formula is C9H14O3S. The molecule has 0 aromatic heterocycles. The van der Waals surface area contributed by atoms with Gasteiger partial charge in [-0.05, 0) is 12.8 Å². The molecular weight excluding hydrogens is 188 g/mol. The second kappa shape index (κ2) is 7.86. The van der Waals surface area contributed by atoms with Gasteiger partial charge in [0.25, 0.3) is 0 Å². The fourth-order valence-electron chi connectivity index (χ4n) is 0.652. The smallest absolute Gasteiger partial charge is 0.330 e. The van der Waals surface area contributed by atoms with Crippen LogP contribution >= 0.6 is 11.8 Å². The minimum absolute atomic E-state index is 0.128. The first-order chi connectivity index (χ1) is 6.16. The van der Waals surface area contributed by atoms with Crippen LogP contribution in [-0.4, -0.2) is 23.4 Å². The van der Waals surface area contributed by atoms with Crippen LogP contribution in [-0.2, 0) is 14.3 Å². The number of hydrogen-bond donors (Lipinski definition) is 0. The number of hydrogen-bond acceptors (Lipinski definition) is 4. The average molecular weight is 202 g/mol. The Morgan fingerprint density at radius 2 is 2.15 bits per heavy atom. The maximum Gasteiger partial charge on any atom is 0.330 e. The van der Waals surface area contributed by atoms with Gasteiger partial charge in [0.1, 0.15) is 0 Å². The van der Waals surface area contributed by atoms with Crippen LogP contribution in [0.2, 0.25) is 0 Å². The highest BCUT2D eigenvalue weighted by Crippen LogP contribution is 2.05. The van der Waals surface area contributed by atoms with Gasteiger partial charge in [-0.3, -0.25) is 4.79 Å². The van der Waals surface area contributed by atoms with Gasteiger partial charge in [0, 0.05) is 18.8 Å². The van der Waals surface area contributed by atoms with Crippen molar-refractivity contribution in [3.8, 4) is 0 Å². The van der Waals surface area contributed by atoms with Crippen LogP contribution < -0.4 is 0 Å². The van der Waals surface area contributed by atoms with Crippen molar-refractivity contribution in [1.29, 1.82) is 0 Å². The van der Waals surface area contributed by atoms with Gasteiger partial charge in [0.2, 0.25) is 0 Å². The lowest BCUT2D eigenvalue weighted by Crippen LogP contribution is -2.02. The van der Waals surface area contributed by atoms with E-state index >= 15 is 0 Å². The zero-order chi connectivity index (χ0) is 10.1. The van der Waals surface area contributed by atoms with E-state index in [1.807, 2.05) is 0 Å². The van der Waals surface area contributed by atoms with Crippen LogP contribution in [0.5, 0.6) is 0 Å². The number of esters is 1. The summed E-state index contributed by atoms with van der Waals surface area (Å²) < 4.78 is 4.75. The normalized spacial score (nSPS) is 9.31. The van der Waals surface area contributed by atoms with E-state index in [0.29, 0.717) is 6.61 Å². The van der Waals surface area contributed by atoms with Crippen LogP contribution in [0.3, 0.4) is 0 Å². The Morgan fingerprint density at radius 3 is 2.69 bits per heavy atom. The van der Waals surface area contributed by atoms with E-state index in [0.717, 1.165) is 24.7 Å². The van der Waals surface area contributed by atoms with Crippen molar-refractivity contribution in [2.24, 2.45) is 0 Å². The van der Waals surface area contributed by atoms with Crippen LogP contribution in [0.25, 0.3) is 0 Å². The first-order valence-corrected chi connectivity index (χ1v) is 5.08. The molecule has 0 aromatic carbocycles. The second-order valence-corrected chi connectivity index (χ2v) is 3.69. The summed E-state index contributed by atoms with van der Waals surface area (Å²) >= 11 is 1.30. The fraction of sp³-hybridized carbons (Fsp3) is 0.556. The second-order valence-electron chi connectivity index (χ2n) is 2.42. The average Bonchev–Trinajstić information content (AvgIpc) is 2.10. The Balaban J connectivity index is 3.12. The molecule has 0 aliphatic carbocycles. The Bertz CT molecular complexity index is 189. The molecule has 0 heterocycles. The molecule has 0 bridgehead atoms. The number of rotatable bonds is 6. The Morgan fingerprint density at radius 1 is 1.46 bits per heavy atom. The predicted octanol–water partition coefficient (Wildman–Crippen LogP) is 1.78. The quantitative estimate of drug-likeness (QED) is 0.374. The summed E-state index contributed by atoms with van der Waals surface area (Å²) in [5, 5.41) is 0.128. The first-order valence-electron chi connectivity index (χ1n) is 4.09. The monoisotopic (exact) mass is 202 g/mol. The topological polar surface area (TPSA) is 43.4 Å². The summed E-state index contributed by atoms with van der Waals surface area (Å²) in [5.41, 5.74) is 0. The molecule has 0 radical (unpaired) electrons. The van der Waals surface area contributed by atoms with E-state index in [9.17, 15) is 9.59 Å². The van der Waals surface area contributed by atoms with Crippen LogP contribution in [0, 0.1) is 0 Å². The summed E-state index contributed by atoms with van der Waals surface area (Å²) in [5.74, 6) is 0.403. The van der Waals surface area contributed by atoms with Crippen molar-refractivity contribution in [3.63, 3.8) is 0 Å². The minimum atomic E-state index is -0.390. The summed E-state index contributed by atoms with van der Waals surface area (Å²) in [7, 11) is 0. The van der Waals surface area contributed by atoms with Gasteiger partial charge in [0.05, 0.1) is 6.61 Å². The molecule has 0 unspecified atom stereocenters. The third-order valence-corrected chi connectivity index (χ3v) is 2.15. The van der Waals surface area contributed by atoms with Gasteiger partial charge < -0.3 is 4.74 Å². The molecule has 4 heteroatoms.